The third-order valence-corrected chi connectivity index (χ3v) is 5.50. The van der Waals surface area contributed by atoms with E-state index in [1.807, 2.05) is 80.0 Å². The topological polar surface area (TPSA) is 59.9 Å². The van der Waals surface area contributed by atoms with Gasteiger partial charge in [0.2, 0.25) is 0 Å². The van der Waals surface area contributed by atoms with Gasteiger partial charge in [0, 0.05) is 28.2 Å². The summed E-state index contributed by atoms with van der Waals surface area (Å²) in [5.41, 5.74) is 1.95. The zero-order valence-electron chi connectivity index (χ0n) is 16.2. The average molecular weight is 479 g/mol. The Balaban J connectivity index is 0.00000160. The number of nitrogens with zero attached hydrogens (tertiary/aromatic N) is 3. The van der Waals surface area contributed by atoms with Crippen molar-refractivity contribution < 1.29 is 4.74 Å². The molecule has 30 heavy (non-hydrogen) atoms. The molecule has 9 heteroatoms. The van der Waals surface area contributed by atoms with Gasteiger partial charge >= 0.3 is 0 Å². The van der Waals surface area contributed by atoms with Crippen LogP contribution in [-0.4, -0.2) is 15.0 Å². The molecule has 0 radical (unpaired) electrons. The molecular weight excluding hydrogens is 459 g/mol. The van der Waals surface area contributed by atoms with Crippen molar-refractivity contribution in [1.29, 1.82) is 0 Å². The van der Waals surface area contributed by atoms with E-state index in [4.69, 9.17) is 4.74 Å². The molecule has 0 saturated carbocycles. The maximum absolute atomic E-state index is 6.11. The zero-order valence-corrected chi connectivity index (χ0v) is 19.5. The maximum Gasteiger partial charge on any atom is 0.188 e. The van der Waals surface area contributed by atoms with Gasteiger partial charge in [0.15, 0.2) is 16.7 Å². The minimum atomic E-state index is 0. The summed E-state index contributed by atoms with van der Waals surface area (Å²) in [7, 11) is 0. The highest BCUT2D eigenvalue weighted by atomic mass is 35.5. The number of hydrogen-bond donors (Lipinski definition) is 1. The molecule has 0 amide bonds. The quantitative estimate of drug-likeness (QED) is 0.319. The van der Waals surface area contributed by atoms with Crippen molar-refractivity contribution in [2.24, 2.45) is 0 Å². The molecule has 0 aliphatic rings. The second-order valence-corrected chi connectivity index (χ2v) is 8.02. The van der Waals surface area contributed by atoms with Crippen molar-refractivity contribution in [3.05, 3.63) is 77.6 Å². The Bertz CT molecular complexity index is 1090. The van der Waals surface area contributed by atoms with Crippen LogP contribution in [0, 0.1) is 13.8 Å². The molecule has 5 nitrogen and oxygen atoms in total. The predicted octanol–water partition coefficient (Wildman–Crippen LogP) is 7.08. The number of halogens is 2. The molecule has 0 aliphatic heterocycles. The molecule has 1 aromatic carbocycles. The Kier molecular flexibility index (Phi) is 8.92. The molecule has 0 spiro atoms. The number of para-hydroxylation sites is 1. The first kappa shape index (κ1) is 24.0. The van der Waals surface area contributed by atoms with Crippen LogP contribution in [0.5, 0.6) is 11.5 Å². The van der Waals surface area contributed by atoms with Crippen LogP contribution in [-0.2, 0) is 0 Å². The summed E-state index contributed by atoms with van der Waals surface area (Å²) < 4.78 is 6.11. The van der Waals surface area contributed by atoms with Crippen LogP contribution in [0.25, 0.3) is 0 Å². The molecule has 0 atom stereocenters. The standard InChI is InChI=1S/C21H18N4OS2.2ClH/c1-14-7-6-10-19(23-14)28-17-11-18(26-16-8-4-3-5-9-16)20(22-12-17)25-21-24-15(2)13-27-21;;/h3-13H,1-2H3,(H,22,24,25);2*1H. The SMILES string of the molecule is Cc1cccc(Sc2cnc(Nc3nc(C)cs3)c(Oc3ccccc3)c2)n1.Cl.Cl. The van der Waals surface area contributed by atoms with Gasteiger partial charge in [-0.1, -0.05) is 36.0 Å². The molecule has 0 fully saturated rings. The van der Waals surface area contributed by atoms with Crippen molar-refractivity contribution in [3.63, 3.8) is 0 Å². The molecule has 0 unspecified atom stereocenters. The Morgan fingerprint density at radius 3 is 2.43 bits per heavy atom. The van der Waals surface area contributed by atoms with Crippen molar-refractivity contribution >= 4 is 58.9 Å². The number of aromatic nitrogens is 3. The first-order valence-corrected chi connectivity index (χ1v) is 10.4. The first-order valence-electron chi connectivity index (χ1n) is 8.69. The molecule has 3 heterocycles. The summed E-state index contributed by atoms with van der Waals surface area (Å²) in [6.45, 7) is 3.94. The molecule has 4 aromatic rings. The fourth-order valence-electron chi connectivity index (χ4n) is 2.48. The first-order chi connectivity index (χ1) is 13.7. The van der Waals surface area contributed by atoms with E-state index >= 15 is 0 Å². The lowest BCUT2D eigenvalue weighted by Crippen LogP contribution is -1.98. The van der Waals surface area contributed by atoms with E-state index in [1.54, 1.807) is 11.8 Å². The lowest BCUT2D eigenvalue weighted by Gasteiger charge is -2.12. The number of anilines is 2. The Labute approximate surface area is 196 Å². The van der Waals surface area contributed by atoms with Crippen LogP contribution >= 0.6 is 47.9 Å². The van der Waals surface area contributed by atoms with E-state index < -0.39 is 0 Å². The van der Waals surface area contributed by atoms with Crippen LogP contribution in [0.1, 0.15) is 11.4 Å². The number of rotatable bonds is 6. The van der Waals surface area contributed by atoms with Gasteiger partial charge in [-0.3, -0.25) is 0 Å². The second kappa shape index (κ2) is 11.2. The summed E-state index contributed by atoms with van der Waals surface area (Å²) in [6, 6.07) is 17.6. The average Bonchev–Trinajstić information content (AvgIpc) is 3.09. The number of pyridine rings is 2. The minimum absolute atomic E-state index is 0. The van der Waals surface area contributed by atoms with Gasteiger partial charge in [0.1, 0.15) is 10.8 Å². The van der Waals surface area contributed by atoms with Gasteiger partial charge in [0.25, 0.3) is 0 Å². The smallest absolute Gasteiger partial charge is 0.188 e. The molecule has 3 aromatic heterocycles. The van der Waals surface area contributed by atoms with Crippen molar-refractivity contribution in [2.45, 2.75) is 23.8 Å². The number of hydrogen-bond acceptors (Lipinski definition) is 7. The van der Waals surface area contributed by atoms with Gasteiger partial charge in [-0.25, -0.2) is 15.0 Å². The Hall–Kier alpha value is -2.32. The van der Waals surface area contributed by atoms with E-state index in [1.165, 1.54) is 11.3 Å². The lowest BCUT2D eigenvalue weighted by atomic mass is 10.3. The molecule has 1 N–H and O–H groups in total. The predicted molar refractivity (Wildman–Crippen MR) is 128 cm³/mol. The van der Waals surface area contributed by atoms with Crippen LogP contribution in [0.2, 0.25) is 0 Å². The number of nitrogens with one attached hydrogen (secondary N) is 1. The summed E-state index contributed by atoms with van der Waals surface area (Å²) in [6.07, 6.45) is 1.81. The maximum atomic E-state index is 6.11. The van der Waals surface area contributed by atoms with Crippen molar-refractivity contribution in [1.82, 2.24) is 15.0 Å². The highest BCUT2D eigenvalue weighted by Gasteiger charge is 2.12. The monoisotopic (exact) mass is 478 g/mol. The highest BCUT2D eigenvalue weighted by Crippen LogP contribution is 2.36. The second-order valence-electron chi connectivity index (χ2n) is 6.07. The Morgan fingerprint density at radius 1 is 0.933 bits per heavy atom. The van der Waals surface area contributed by atoms with Crippen LogP contribution in [0.15, 0.2) is 76.1 Å². The van der Waals surface area contributed by atoms with Gasteiger partial charge in [0.05, 0.1) is 5.69 Å². The van der Waals surface area contributed by atoms with Crippen LogP contribution in [0.4, 0.5) is 10.9 Å². The fraction of sp³-hybridized carbons (Fsp3) is 0.0952. The summed E-state index contributed by atoms with van der Waals surface area (Å²) in [5.74, 6) is 2.01. The van der Waals surface area contributed by atoms with Crippen LogP contribution in [0.3, 0.4) is 0 Å². The number of ether oxygens (including phenoxy) is 1. The van der Waals surface area contributed by atoms with Crippen LogP contribution < -0.4 is 10.1 Å². The molecule has 0 aliphatic carbocycles. The molecule has 0 bridgehead atoms. The molecule has 156 valence electrons. The summed E-state index contributed by atoms with van der Waals surface area (Å²) in [5, 5.41) is 6.96. The number of benzene rings is 1. The zero-order chi connectivity index (χ0) is 19.3. The summed E-state index contributed by atoms with van der Waals surface area (Å²) >= 11 is 3.09. The largest absolute Gasteiger partial charge is 0.453 e. The van der Waals surface area contributed by atoms with E-state index in [0.717, 1.165) is 32.2 Å². The van der Waals surface area contributed by atoms with Gasteiger partial charge in [-0.05, 0) is 38.1 Å². The third kappa shape index (κ3) is 6.34. The molecule has 0 saturated heterocycles. The lowest BCUT2D eigenvalue weighted by molar-refractivity contribution is 0.481. The normalized spacial score (nSPS) is 9.93. The fourth-order valence-corrected chi connectivity index (χ4v) is 4.01. The number of aryl methyl sites for hydroxylation is 2. The molecular formula is C21H20Cl2N4OS2. The Morgan fingerprint density at radius 2 is 1.73 bits per heavy atom. The number of thiazole rings is 1. The van der Waals surface area contributed by atoms with E-state index in [0.29, 0.717) is 11.6 Å². The summed E-state index contributed by atoms with van der Waals surface area (Å²) in [4.78, 5) is 14.5. The van der Waals surface area contributed by atoms with E-state index in [2.05, 4.69) is 20.3 Å². The minimum Gasteiger partial charge on any atom is -0.453 e. The van der Waals surface area contributed by atoms with Gasteiger partial charge < -0.3 is 10.1 Å². The van der Waals surface area contributed by atoms with Crippen molar-refractivity contribution in [3.8, 4) is 11.5 Å². The molecule has 4 rings (SSSR count). The van der Waals surface area contributed by atoms with E-state index in [9.17, 15) is 0 Å². The van der Waals surface area contributed by atoms with Crippen molar-refractivity contribution in [2.75, 3.05) is 5.32 Å². The van der Waals surface area contributed by atoms with Gasteiger partial charge in [-0.2, -0.15) is 0 Å². The van der Waals surface area contributed by atoms with E-state index in [-0.39, 0.29) is 24.8 Å². The van der Waals surface area contributed by atoms with Gasteiger partial charge in [-0.15, -0.1) is 36.2 Å². The third-order valence-electron chi connectivity index (χ3n) is 3.73. The highest BCUT2D eigenvalue weighted by molar-refractivity contribution is 7.99.